The summed E-state index contributed by atoms with van der Waals surface area (Å²) in [6, 6.07) is 5.70. The molecule has 1 aromatic rings. The van der Waals surface area contributed by atoms with Crippen molar-refractivity contribution in [1.82, 2.24) is 0 Å². The highest BCUT2D eigenvalue weighted by atomic mass is 16.5. The number of aryl methyl sites for hydroxylation is 1. The number of carbonyl (C=O) groups excluding carboxylic acids is 1. The number of nitrogens with two attached hydrogens (primary N) is 1. The van der Waals surface area contributed by atoms with Crippen LogP contribution in [0.1, 0.15) is 31.4 Å². The molecule has 0 radical (unpaired) electrons. The molecule has 108 valence electrons. The van der Waals surface area contributed by atoms with E-state index in [9.17, 15) is 4.79 Å². The largest absolute Gasteiger partial charge is 0.378 e. The van der Waals surface area contributed by atoms with Gasteiger partial charge in [0.2, 0.25) is 5.91 Å². The summed E-state index contributed by atoms with van der Waals surface area (Å²) < 4.78 is 5.25. The first kappa shape index (κ1) is 16.2. The first-order valence-corrected chi connectivity index (χ1v) is 6.52. The Bertz CT molecular complexity index is 539. The van der Waals surface area contributed by atoms with Gasteiger partial charge in [0, 0.05) is 18.4 Å². The summed E-state index contributed by atoms with van der Waals surface area (Å²) in [5.74, 6) is 5.69. The monoisotopic (exact) mass is 274 g/mol. The van der Waals surface area contributed by atoms with Gasteiger partial charge in [-0.1, -0.05) is 11.8 Å². The van der Waals surface area contributed by atoms with Crippen molar-refractivity contribution in [3.8, 4) is 11.8 Å². The average molecular weight is 274 g/mol. The Balaban J connectivity index is 2.82. The van der Waals surface area contributed by atoms with Crippen molar-refractivity contribution in [2.45, 2.75) is 32.8 Å². The summed E-state index contributed by atoms with van der Waals surface area (Å²) in [5, 5.41) is 2.87. The van der Waals surface area contributed by atoms with Gasteiger partial charge in [-0.25, -0.2) is 0 Å². The van der Waals surface area contributed by atoms with E-state index in [-0.39, 0.29) is 5.91 Å². The van der Waals surface area contributed by atoms with Gasteiger partial charge in [-0.05, 0) is 44.5 Å². The molecule has 0 aliphatic rings. The zero-order valence-corrected chi connectivity index (χ0v) is 12.5. The van der Waals surface area contributed by atoms with Gasteiger partial charge in [0.05, 0.1) is 18.6 Å². The van der Waals surface area contributed by atoms with Crippen molar-refractivity contribution < 1.29 is 9.53 Å². The first-order chi connectivity index (χ1) is 9.36. The molecule has 0 aliphatic carbocycles. The number of ether oxygens (including phenoxy) is 1. The van der Waals surface area contributed by atoms with Crippen molar-refractivity contribution in [3.63, 3.8) is 0 Å². The van der Waals surface area contributed by atoms with Crippen LogP contribution in [0, 0.1) is 18.8 Å². The molecule has 0 bridgehead atoms. The van der Waals surface area contributed by atoms with Crippen molar-refractivity contribution in [2.75, 3.05) is 19.0 Å². The lowest BCUT2D eigenvalue weighted by Crippen LogP contribution is -2.29. The summed E-state index contributed by atoms with van der Waals surface area (Å²) in [6.07, 6.45) is 0.293. The fraction of sp³-hybridized carbons (Fsp3) is 0.438. The van der Waals surface area contributed by atoms with Crippen LogP contribution in [0.2, 0.25) is 0 Å². The lowest BCUT2D eigenvalue weighted by atomic mass is 10.0. The van der Waals surface area contributed by atoms with Crippen LogP contribution in [0.3, 0.4) is 0 Å². The Morgan fingerprint density at radius 2 is 2.10 bits per heavy atom. The normalized spacial score (nSPS) is 10.7. The molecule has 1 amide bonds. The SMILES string of the molecule is COC(C)(C)CC(=O)Nc1cc(C)cc(C#CCN)c1. The van der Waals surface area contributed by atoms with Gasteiger partial charge in [0.25, 0.3) is 0 Å². The van der Waals surface area contributed by atoms with Crippen LogP contribution in [-0.4, -0.2) is 25.2 Å². The fourth-order valence-electron chi connectivity index (χ4n) is 1.74. The van der Waals surface area contributed by atoms with E-state index < -0.39 is 5.60 Å². The smallest absolute Gasteiger partial charge is 0.227 e. The number of carbonyl (C=O) groups is 1. The van der Waals surface area contributed by atoms with E-state index in [1.165, 1.54) is 0 Å². The van der Waals surface area contributed by atoms with Crippen molar-refractivity contribution in [2.24, 2.45) is 5.73 Å². The van der Waals surface area contributed by atoms with Crippen molar-refractivity contribution >= 4 is 11.6 Å². The van der Waals surface area contributed by atoms with Gasteiger partial charge in [0.1, 0.15) is 0 Å². The Morgan fingerprint density at radius 1 is 1.40 bits per heavy atom. The van der Waals surface area contributed by atoms with Gasteiger partial charge >= 0.3 is 0 Å². The van der Waals surface area contributed by atoms with E-state index in [0.717, 1.165) is 16.8 Å². The molecule has 0 unspecified atom stereocenters. The topological polar surface area (TPSA) is 64.3 Å². The molecule has 20 heavy (non-hydrogen) atoms. The second kappa shape index (κ2) is 7.09. The van der Waals surface area contributed by atoms with Gasteiger partial charge in [0.15, 0.2) is 0 Å². The number of benzene rings is 1. The van der Waals surface area contributed by atoms with Crippen LogP contribution in [0.5, 0.6) is 0 Å². The number of hydrogen-bond donors (Lipinski definition) is 2. The lowest BCUT2D eigenvalue weighted by Gasteiger charge is -2.22. The molecule has 0 saturated heterocycles. The molecule has 3 N–H and O–H groups in total. The molecule has 0 saturated carbocycles. The number of hydrogen-bond acceptors (Lipinski definition) is 3. The van der Waals surface area contributed by atoms with Crippen LogP contribution < -0.4 is 11.1 Å². The zero-order chi connectivity index (χ0) is 15.2. The molecule has 0 aliphatic heterocycles. The zero-order valence-electron chi connectivity index (χ0n) is 12.5. The van der Waals surface area contributed by atoms with Crippen LogP contribution >= 0.6 is 0 Å². The summed E-state index contributed by atoms with van der Waals surface area (Å²) in [6.45, 7) is 6.03. The minimum atomic E-state index is -0.476. The van der Waals surface area contributed by atoms with Gasteiger partial charge in [-0.3, -0.25) is 4.79 Å². The van der Waals surface area contributed by atoms with E-state index in [0.29, 0.717) is 13.0 Å². The highest BCUT2D eigenvalue weighted by molar-refractivity contribution is 5.91. The minimum absolute atomic E-state index is 0.0832. The van der Waals surface area contributed by atoms with Gasteiger partial charge in [-0.15, -0.1) is 0 Å². The van der Waals surface area contributed by atoms with Crippen LogP contribution in [0.4, 0.5) is 5.69 Å². The Kier molecular flexibility index (Phi) is 5.75. The summed E-state index contributed by atoms with van der Waals surface area (Å²) in [7, 11) is 1.60. The van der Waals surface area contributed by atoms with Crippen molar-refractivity contribution in [3.05, 3.63) is 29.3 Å². The first-order valence-electron chi connectivity index (χ1n) is 6.52. The highest BCUT2D eigenvalue weighted by Crippen LogP contribution is 2.17. The Hall–Kier alpha value is -1.83. The van der Waals surface area contributed by atoms with Gasteiger partial charge < -0.3 is 15.8 Å². The van der Waals surface area contributed by atoms with Crippen LogP contribution in [0.15, 0.2) is 18.2 Å². The number of rotatable bonds is 4. The standard InChI is InChI=1S/C16H22N2O2/c1-12-8-13(6-5-7-17)10-14(9-12)18-15(19)11-16(2,3)20-4/h8-10H,7,11,17H2,1-4H3,(H,18,19). The summed E-state index contributed by atoms with van der Waals surface area (Å²) in [4.78, 5) is 12.0. The second-order valence-electron chi connectivity index (χ2n) is 5.28. The molecule has 0 fully saturated rings. The van der Waals surface area contributed by atoms with E-state index >= 15 is 0 Å². The van der Waals surface area contributed by atoms with E-state index in [2.05, 4.69) is 17.2 Å². The quantitative estimate of drug-likeness (QED) is 0.826. The predicted octanol–water partition coefficient (Wildman–Crippen LogP) is 2.06. The molecule has 1 aromatic carbocycles. The maximum absolute atomic E-state index is 12.0. The predicted molar refractivity (Wildman–Crippen MR) is 81.4 cm³/mol. The Morgan fingerprint density at radius 3 is 2.70 bits per heavy atom. The average Bonchev–Trinajstić information content (AvgIpc) is 2.34. The third-order valence-corrected chi connectivity index (χ3v) is 2.83. The van der Waals surface area contributed by atoms with Crippen molar-refractivity contribution in [1.29, 1.82) is 0 Å². The second-order valence-corrected chi connectivity index (χ2v) is 5.28. The molecule has 0 heterocycles. The minimum Gasteiger partial charge on any atom is -0.378 e. The maximum Gasteiger partial charge on any atom is 0.227 e. The number of amides is 1. The highest BCUT2D eigenvalue weighted by Gasteiger charge is 2.21. The molecule has 1 rings (SSSR count). The number of nitrogens with one attached hydrogen (secondary N) is 1. The van der Waals surface area contributed by atoms with Gasteiger partial charge in [-0.2, -0.15) is 0 Å². The third-order valence-electron chi connectivity index (χ3n) is 2.83. The molecule has 0 spiro atoms. The summed E-state index contributed by atoms with van der Waals surface area (Å²) >= 11 is 0. The molecular formula is C16H22N2O2. The van der Waals surface area contributed by atoms with Crippen LogP contribution in [0.25, 0.3) is 0 Å². The Labute approximate surface area is 120 Å². The maximum atomic E-state index is 12.0. The van der Waals surface area contributed by atoms with E-state index in [1.807, 2.05) is 39.0 Å². The third kappa shape index (κ3) is 5.43. The molecule has 0 aromatic heterocycles. The summed E-state index contributed by atoms with van der Waals surface area (Å²) in [5.41, 5.74) is 7.51. The molecule has 4 nitrogen and oxygen atoms in total. The molecule has 4 heteroatoms. The number of methoxy groups -OCH3 is 1. The molecule has 0 atom stereocenters. The van der Waals surface area contributed by atoms with E-state index in [4.69, 9.17) is 10.5 Å². The lowest BCUT2D eigenvalue weighted by molar-refractivity contribution is -0.121. The molecular weight excluding hydrogens is 252 g/mol. The number of anilines is 1. The fourth-order valence-corrected chi connectivity index (χ4v) is 1.74. The van der Waals surface area contributed by atoms with E-state index in [1.54, 1.807) is 7.11 Å². The van der Waals surface area contributed by atoms with Crippen LogP contribution in [-0.2, 0) is 9.53 Å².